The van der Waals surface area contributed by atoms with E-state index in [1.807, 2.05) is 31.0 Å². The first-order valence-electron chi connectivity index (χ1n) is 7.77. The standard InChI is InChI=1S/C17H23N5.HI/c1-18-17(19-12-16-9-10-20-22(16)2)21-15-8-7-13-5-3-4-6-14(13)11-15;/h3-6,9-10,15H,7-8,11-12H2,1-2H3,(H2,18,19,21);1H. The zero-order valence-electron chi connectivity index (χ0n) is 13.6. The minimum absolute atomic E-state index is 0. The summed E-state index contributed by atoms with van der Waals surface area (Å²) in [5.74, 6) is 0.852. The van der Waals surface area contributed by atoms with Crippen molar-refractivity contribution < 1.29 is 0 Å². The highest BCUT2D eigenvalue weighted by Crippen LogP contribution is 2.20. The van der Waals surface area contributed by atoms with Crippen molar-refractivity contribution in [2.24, 2.45) is 12.0 Å². The molecule has 1 unspecified atom stereocenters. The topological polar surface area (TPSA) is 54.2 Å². The lowest BCUT2D eigenvalue weighted by Crippen LogP contribution is -2.45. The van der Waals surface area contributed by atoms with Gasteiger partial charge in [0.05, 0.1) is 12.2 Å². The summed E-state index contributed by atoms with van der Waals surface area (Å²) < 4.78 is 1.87. The number of aromatic nitrogens is 2. The van der Waals surface area contributed by atoms with E-state index in [4.69, 9.17) is 0 Å². The lowest BCUT2D eigenvalue weighted by molar-refractivity contribution is 0.519. The molecule has 0 bridgehead atoms. The number of hydrogen-bond acceptors (Lipinski definition) is 2. The first kappa shape index (κ1) is 17.8. The Balaban J connectivity index is 0.00000192. The zero-order valence-corrected chi connectivity index (χ0v) is 16.0. The van der Waals surface area contributed by atoms with E-state index >= 15 is 0 Å². The molecule has 1 aromatic carbocycles. The molecular formula is C17H24IN5. The van der Waals surface area contributed by atoms with Gasteiger partial charge in [0, 0.05) is 26.3 Å². The summed E-state index contributed by atoms with van der Waals surface area (Å²) in [6.07, 6.45) is 5.14. The largest absolute Gasteiger partial charge is 0.353 e. The van der Waals surface area contributed by atoms with E-state index in [0.717, 1.165) is 37.5 Å². The summed E-state index contributed by atoms with van der Waals surface area (Å²) in [4.78, 5) is 4.33. The maximum absolute atomic E-state index is 4.33. The number of fused-ring (bicyclic) bond motifs is 1. The minimum atomic E-state index is 0. The smallest absolute Gasteiger partial charge is 0.191 e. The molecule has 124 valence electrons. The van der Waals surface area contributed by atoms with Crippen LogP contribution in [-0.2, 0) is 26.4 Å². The monoisotopic (exact) mass is 425 g/mol. The second-order valence-corrected chi connectivity index (χ2v) is 5.72. The molecule has 3 rings (SSSR count). The quantitative estimate of drug-likeness (QED) is 0.451. The molecule has 1 aliphatic carbocycles. The van der Waals surface area contributed by atoms with Gasteiger partial charge < -0.3 is 10.6 Å². The highest BCUT2D eigenvalue weighted by Gasteiger charge is 2.18. The van der Waals surface area contributed by atoms with Crippen molar-refractivity contribution in [3.05, 3.63) is 53.3 Å². The fraction of sp³-hybridized carbons (Fsp3) is 0.412. The van der Waals surface area contributed by atoms with Crippen LogP contribution < -0.4 is 10.6 Å². The summed E-state index contributed by atoms with van der Waals surface area (Å²) >= 11 is 0. The molecule has 0 aliphatic heterocycles. The van der Waals surface area contributed by atoms with Gasteiger partial charge in [-0.15, -0.1) is 24.0 Å². The molecule has 1 atom stereocenters. The Hall–Kier alpha value is -1.57. The number of hydrogen-bond donors (Lipinski definition) is 2. The fourth-order valence-corrected chi connectivity index (χ4v) is 2.96. The van der Waals surface area contributed by atoms with Crippen LogP contribution >= 0.6 is 24.0 Å². The zero-order chi connectivity index (χ0) is 15.4. The average Bonchev–Trinajstić information content (AvgIpc) is 2.96. The molecule has 0 amide bonds. The van der Waals surface area contributed by atoms with Crippen LogP contribution in [-0.4, -0.2) is 28.8 Å². The SMILES string of the molecule is CN=C(NCc1ccnn1C)NC1CCc2ccccc2C1.I. The Morgan fingerprint density at radius 3 is 2.78 bits per heavy atom. The summed E-state index contributed by atoms with van der Waals surface area (Å²) in [7, 11) is 3.76. The molecule has 0 spiro atoms. The normalized spacial score (nSPS) is 17.1. The fourth-order valence-electron chi connectivity index (χ4n) is 2.96. The van der Waals surface area contributed by atoms with E-state index < -0.39 is 0 Å². The van der Waals surface area contributed by atoms with Crippen LogP contribution in [0.5, 0.6) is 0 Å². The number of aliphatic imine (C=N–C) groups is 1. The van der Waals surface area contributed by atoms with Gasteiger partial charge in [-0.25, -0.2) is 0 Å². The third-order valence-corrected chi connectivity index (χ3v) is 4.27. The van der Waals surface area contributed by atoms with Crippen molar-refractivity contribution in [1.29, 1.82) is 0 Å². The van der Waals surface area contributed by atoms with Crippen LogP contribution in [0.25, 0.3) is 0 Å². The van der Waals surface area contributed by atoms with Crippen molar-refractivity contribution in [2.45, 2.75) is 31.8 Å². The van der Waals surface area contributed by atoms with E-state index in [2.05, 4.69) is 45.0 Å². The van der Waals surface area contributed by atoms with Crippen LogP contribution in [0.2, 0.25) is 0 Å². The molecule has 2 N–H and O–H groups in total. The number of rotatable bonds is 3. The second-order valence-electron chi connectivity index (χ2n) is 5.72. The van der Waals surface area contributed by atoms with Gasteiger partial charge in [0.1, 0.15) is 0 Å². The van der Waals surface area contributed by atoms with E-state index in [1.54, 1.807) is 0 Å². The van der Waals surface area contributed by atoms with Gasteiger partial charge in [-0.3, -0.25) is 9.67 Å². The Morgan fingerprint density at radius 2 is 2.09 bits per heavy atom. The Morgan fingerprint density at radius 1 is 1.30 bits per heavy atom. The minimum Gasteiger partial charge on any atom is -0.353 e. The maximum Gasteiger partial charge on any atom is 0.191 e. The van der Waals surface area contributed by atoms with Crippen molar-refractivity contribution in [3.63, 3.8) is 0 Å². The number of nitrogens with zero attached hydrogens (tertiary/aromatic N) is 3. The van der Waals surface area contributed by atoms with Gasteiger partial charge in [0.15, 0.2) is 5.96 Å². The van der Waals surface area contributed by atoms with Crippen LogP contribution in [0, 0.1) is 0 Å². The molecule has 0 radical (unpaired) electrons. The Kier molecular flexibility index (Phi) is 6.44. The molecular weight excluding hydrogens is 401 g/mol. The van der Waals surface area contributed by atoms with Gasteiger partial charge in [-0.05, 0) is 36.5 Å². The van der Waals surface area contributed by atoms with Crippen molar-refractivity contribution in [2.75, 3.05) is 7.05 Å². The van der Waals surface area contributed by atoms with E-state index in [-0.39, 0.29) is 24.0 Å². The maximum atomic E-state index is 4.33. The predicted molar refractivity (Wildman–Crippen MR) is 104 cm³/mol. The third kappa shape index (κ3) is 4.46. The molecule has 5 nitrogen and oxygen atoms in total. The summed E-state index contributed by atoms with van der Waals surface area (Å²) in [6, 6.07) is 11.2. The van der Waals surface area contributed by atoms with E-state index in [1.165, 1.54) is 11.1 Å². The molecule has 23 heavy (non-hydrogen) atoms. The summed E-state index contributed by atoms with van der Waals surface area (Å²) in [6.45, 7) is 0.722. The van der Waals surface area contributed by atoms with Gasteiger partial charge in [0.2, 0.25) is 0 Å². The van der Waals surface area contributed by atoms with Crippen LogP contribution in [0.15, 0.2) is 41.5 Å². The molecule has 0 saturated heterocycles. The highest BCUT2D eigenvalue weighted by molar-refractivity contribution is 14.0. The third-order valence-electron chi connectivity index (χ3n) is 4.27. The lowest BCUT2D eigenvalue weighted by Gasteiger charge is -2.27. The molecule has 1 heterocycles. The van der Waals surface area contributed by atoms with Gasteiger partial charge in [-0.2, -0.15) is 5.10 Å². The molecule has 1 aromatic heterocycles. The van der Waals surface area contributed by atoms with E-state index in [0.29, 0.717) is 6.04 Å². The van der Waals surface area contributed by atoms with Crippen LogP contribution in [0.1, 0.15) is 23.2 Å². The Labute approximate surface area is 154 Å². The number of benzene rings is 1. The predicted octanol–water partition coefficient (Wildman–Crippen LogP) is 2.26. The number of halogens is 1. The second kappa shape index (κ2) is 8.33. The first-order chi connectivity index (χ1) is 10.8. The number of guanidine groups is 1. The van der Waals surface area contributed by atoms with Gasteiger partial charge in [-0.1, -0.05) is 24.3 Å². The molecule has 0 fully saturated rings. The van der Waals surface area contributed by atoms with E-state index in [9.17, 15) is 0 Å². The number of aryl methyl sites for hydroxylation is 2. The molecule has 1 aliphatic rings. The first-order valence-corrected chi connectivity index (χ1v) is 7.77. The molecule has 2 aromatic rings. The van der Waals surface area contributed by atoms with Crippen LogP contribution in [0.3, 0.4) is 0 Å². The van der Waals surface area contributed by atoms with Crippen LogP contribution in [0.4, 0.5) is 0 Å². The van der Waals surface area contributed by atoms with Gasteiger partial charge in [0.25, 0.3) is 0 Å². The molecule has 0 saturated carbocycles. The van der Waals surface area contributed by atoms with Crippen molar-refractivity contribution in [3.8, 4) is 0 Å². The lowest BCUT2D eigenvalue weighted by atomic mass is 9.88. The summed E-state index contributed by atoms with van der Waals surface area (Å²) in [5.41, 5.74) is 4.07. The summed E-state index contributed by atoms with van der Waals surface area (Å²) in [5, 5.41) is 11.1. The molecule has 6 heteroatoms. The van der Waals surface area contributed by atoms with Crippen molar-refractivity contribution in [1.82, 2.24) is 20.4 Å². The van der Waals surface area contributed by atoms with Crippen molar-refractivity contribution >= 4 is 29.9 Å². The Bertz CT molecular complexity index is 665. The van der Waals surface area contributed by atoms with Gasteiger partial charge >= 0.3 is 0 Å². The average molecular weight is 425 g/mol. The highest BCUT2D eigenvalue weighted by atomic mass is 127. The number of nitrogens with one attached hydrogen (secondary N) is 2.